The number of carbonyl (C=O) groups is 4. The number of amides is 3. The fraction of sp³-hybridized carbons (Fsp3) is 0.273. The van der Waals surface area contributed by atoms with Gasteiger partial charge in [0, 0.05) is 5.38 Å². The number of nitrogens with one attached hydrogen (secondary N) is 1. The third kappa shape index (κ3) is 5.61. The zero-order chi connectivity index (χ0) is 21.2. The van der Waals surface area contributed by atoms with E-state index in [1.54, 1.807) is 0 Å². The number of hydrogen-bond donors (Lipinski definition) is 5. The first kappa shape index (κ1) is 24.7. The number of rotatable bonds is 8. The van der Waals surface area contributed by atoms with Crippen LogP contribution in [0.25, 0.3) is 0 Å². The van der Waals surface area contributed by atoms with Gasteiger partial charge in [-0.05, 0) is 0 Å². The number of nitrogen functional groups attached to an aromatic ring is 1. The number of aliphatic carboxylic acids is 1. The Bertz CT molecular complexity index is 984. The molecule has 1 aliphatic heterocycles. The van der Waals surface area contributed by atoms with Gasteiger partial charge in [-0.15, -0.1) is 11.3 Å². The molecule has 18 heteroatoms. The van der Waals surface area contributed by atoms with Crippen LogP contribution in [0, 0.1) is 0 Å². The number of nitrogens with zero attached hydrogens (tertiary/aromatic N) is 3. The third-order valence-electron chi connectivity index (χ3n) is 3.20. The first-order valence-corrected chi connectivity index (χ1v) is 9.25. The zero-order valence-corrected chi connectivity index (χ0v) is 18.1. The maximum Gasteiger partial charge on any atom is 1.00 e. The first-order valence-electron chi connectivity index (χ1n) is 6.97. The molecule has 1 aromatic rings. The molecule has 0 radical (unpaired) electrons. The number of thiazole rings is 1. The third-order valence-corrected chi connectivity index (χ3v) is 4.78. The van der Waals surface area contributed by atoms with Gasteiger partial charge >= 0.3 is 45.8 Å². The maximum absolute atomic E-state index is 12.4. The summed E-state index contributed by atoms with van der Waals surface area (Å²) >= 11 is 0.911. The molecular formula is C11H13N6NaO9S2. The molecule has 0 bridgehead atoms. The van der Waals surface area contributed by atoms with Crippen LogP contribution in [-0.2, 0) is 34.3 Å². The monoisotopic (exact) mass is 460 g/mol. The summed E-state index contributed by atoms with van der Waals surface area (Å²) in [7, 11) is -5.09. The molecule has 0 aromatic carbocycles. The Labute approximate surface area is 189 Å². The molecule has 2 heterocycles. The molecule has 2 atom stereocenters. The van der Waals surface area contributed by atoms with Crippen LogP contribution in [0.5, 0.6) is 0 Å². The van der Waals surface area contributed by atoms with Crippen molar-refractivity contribution in [1.29, 1.82) is 0 Å². The number of anilines is 1. The summed E-state index contributed by atoms with van der Waals surface area (Å²) in [5.74, 6) is -5.22. The van der Waals surface area contributed by atoms with E-state index in [1.807, 2.05) is 5.32 Å². The summed E-state index contributed by atoms with van der Waals surface area (Å²) in [6.07, 6.45) is 0. The summed E-state index contributed by atoms with van der Waals surface area (Å²) in [4.78, 5) is 54.5. The molecular weight excluding hydrogens is 447 g/mol. The summed E-state index contributed by atoms with van der Waals surface area (Å²) in [6, 6.07) is -3.61. The molecule has 3 amide bonds. The fourth-order valence-electron chi connectivity index (χ4n) is 2.10. The van der Waals surface area contributed by atoms with E-state index in [-0.39, 0.29) is 46.1 Å². The summed E-state index contributed by atoms with van der Waals surface area (Å²) < 4.78 is 31.1. The van der Waals surface area contributed by atoms with E-state index in [4.69, 9.17) is 21.1 Å². The second kappa shape index (κ2) is 9.46. The second-order valence-electron chi connectivity index (χ2n) is 5.09. The average Bonchev–Trinajstić information content (AvgIpc) is 2.97. The topological polar surface area (TPSA) is 245 Å². The van der Waals surface area contributed by atoms with Crippen molar-refractivity contribution in [1.82, 2.24) is 14.6 Å². The minimum Gasteiger partial charge on any atom is -1.00 e. The smallest absolute Gasteiger partial charge is 1.00 e. The summed E-state index contributed by atoms with van der Waals surface area (Å²) in [6.45, 7) is -0.904. The average molecular weight is 460 g/mol. The van der Waals surface area contributed by atoms with E-state index in [2.05, 4.69) is 15.0 Å². The van der Waals surface area contributed by atoms with Gasteiger partial charge in [-0.1, -0.05) is 5.16 Å². The second-order valence-corrected chi connectivity index (χ2v) is 7.27. The van der Waals surface area contributed by atoms with Gasteiger partial charge in [0.1, 0.15) is 11.7 Å². The van der Waals surface area contributed by atoms with E-state index in [0.29, 0.717) is 0 Å². The molecule has 1 aromatic heterocycles. The van der Waals surface area contributed by atoms with Crippen LogP contribution in [0.1, 0.15) is 7.12 Å². The van der Waals surface area contributed by atoms with Gasteiger partial charge in [-0.2, -0.15) is 12.7 Å². The van der Waals surface area contributed by atoms with Crippen LogP contribution in [-0.4, -0.2) is 75.5 Å². The van der Waals surface area contributed by atoms with Crippen molar-refractivity contribution < 1.29 is 73.1 Å². The van der Waals surface area contributed by atoms with Crippen molar-refractivity contribution in [3.63, 3.8) is 0 Å². The van der Waals surface area contributed by atoms with Gasteiger partial charge in [-0.25, -0.2) is 9.78 Å². The van der Waals surface area contributed by atoms with Crippen molar-refractivity contribution in [2.45, 2.75) is 12.1 Å². The molecule has 0 aliphatic carbocycles. The Morgan fingerprint density at radius 3 is 2.52 bits per heavy atom. The van der Waals surface area contributed by atoms with Gasteiger partial charge in [0.25, 0.3) is 11.8 Å². The first-order chi connectivity index (χ1) is 12.9. The van der Waals surface area contributed by atoms with E-state index in [9.17, 15) is 27.6 Å². The molecule has 1 fully saturated rings. The van der Waals surface area contributed by atoms with Gasteiger partial charge < -0.3 is 28.2 Å². The SMILES string of the molecule is NC(=O)[C@@H]1[C@H](NC(=O)/C(=N\OCC(=O)O)c2csc(N)n2)C(=O)N1S(=O)(=O)O.[H-].[Na+]. The van der Waals surface area contributed by atoms with Crippen molar-refractivity contribution >= 4 is 56.2 Å². The number of hydrogen-bond acceptors (Lipinski definition) is 11. The van der Waals surface area contributed by atoms with Gasteiger partial charge in [0.15, 0.2) is 16.9 Å². The minimum absolute atomic E-state index is 0. The van der Waals surface area contributed by atoms with Gasteiger partial charge in [-0.3, -0.25) is 18.9 Å². The summed E-state index contributed by atoms with van der Waals surface area (Å²) in [5, 5.41) is 15.2. The summed E-state index contributed by atoms with van der Waals surface area (Å²) in [5.41, 5.74) is 9.72. The molecule has 29 heavy (non-hydrogen) atoms. The van der Waals surface area contributed by atoms with Crippen LogP contribution < -0.4 is 46.3 Å². The van der Waals surface area contributed by atoms with Crippen LogP contribution in [0.3, 0.4) is 0 Å². The Morgan fingerprint density at radius 2 is 2.07 bits per heavy atom. The molecule has 154 valence electrons. The standard InChI is InChI=1S/C11H12N6O9S2.Na.H/c12-8(20)7-6(10(22)17(7)28(23,24)25)15-9(21)5(16-26-1-4(18)19)3-2-27-11(13)14-3;;/h2,6-7H,1H2,(H2,12,20)(H2,13,14)(H,15,21)(H,18,19)(H,23,24,25);;/q;+1;-1/b16-5-;;/t6-,7-;;/m0../s1. The van der Waals surface area contributed by atoms with Crippen molar-refractivity contribution in [3.8, 4) is 0 Å². The fourth-order valence-corrected chi connectivity index (χ4v) is 3.50. The van der Waals surface area contributed by atoms with Gasteiger partial charge in [0.05, 0.1) is 0 Å². The van der Waals surface area contributed by atoms with E-state index in [0.717, 1.165) is 11.3 Å². The van der Waals surface area contributed by atoms with Gasteiger partial charge in [0.2, 0.25) is 12.5 Å². The molecule has 2 rings (SSSR count). The van der Waals surface area contributed by atoms with Crippen LogP contribution in [0.4, 0.5) is 5.13 Å². The van der Waals surface area contributed by atoms with E-state index >= 15 is 0 Å². The molecule has 0 spiro atoms. The van der Waals surface area contributed by atoms with Crippen molar-refractivity contribution in [3.05, 3.63) is 11.1 Å². The number of oxime groups is 1. The number of primary amides is 1. The number of carboxylic acid groups (broad SMARTS) is 1. The Kier molecular flexibility index (Phi) is 8.07. The quantitative estimate of drug-likeness (QED) is 0.0802. The predicted octanol–water partition coefficient (Wildman–Crippen LogP) is -6.37. The molecule has 7 N–H and O–H groups in total. The molecule has 0 saturated carbocycles. The largest absolute Gasteiger partial charge is 1.00 e. The number of aromatic nitrogens is 1. The molecule has 15 nitrogen and oxygen atoms in total. The minimum atomic E-state index is -5.09. The molecule has 1 saturated heterocycles. The zero-order valence-electron chi connectivity index (χ0n) is 15.5. The normalized spacial score (nSPS) is 19.0. The number of β-lactam (4-membered cyclic amide) rings is 1. The van der Waals surface area contributed by atoms with Crippen molar-refractivity contribution in [2.75, 3.05) is 12.3 Å². The molecule has 0 unspecified atom stereocenters. The van der Waals surface area contributed by atoms with Crippen molar-refractivity contribution in [2.24, 2.45) is 10.9 Å². The van der Waals surface area contributed by atoms with E-state index < -0.39 is 58.4 Å². The van der Waals surface area contributed by atoms with Crippen LogP contribution >= 0.6 is 11.3 Å². The number of nitrogens with two attached hydrogens (primary N) is 2. The number of carboxylic acids is 1. The molecule has 1 aliphatic rings. The number of carbonyl (C=O) groups excluding carboxylic acids is 3. The van der Waals surface area contributed by atoms with E-state index in [1.165, 1.54) is 5.38 Å². The Balaban J connectivity index is 0.00000420. The van der Waals surface area contributed by atoms with Crippen LogP contribution in [0.15, 0.2) is 10.5 Å². The predicted molar refractivity (Wildman–Crippen MR) is 91.1 cm³/mol. The maximum atomic E-state index is 12.4. The Morgan fingerprint density at radius 1 is 1.45 bits per heavy atom. The Hall–Kier alpha value is -2.31. The van der Waals surface area contributed by atoms with Crippen LogP contribution in [0.2, 0.25) is 0 Å².